The fourth-order valence-corrected chi connectivity index (χ4v) is 3.75. The SMILES string of the molecule is COC(=O)C(=NOS(=O)(=O)Cc1ccc(C)cc1)SCc1ccc(Cl)cc1. The molecule has 2 rings (SSSR count). The summed E-state index contributed by atoms with van der Waals surface area (Å²) in [7, 11) is -2.82. The van der Waals surface area contributed by atoms with Gasteiger partial charge in [-0.25, -0.2) is 4.79 Å². The highest BCUT2D eigenvalue weighted by atomic mass is 35.5. The summed E-state index contributed by atoms with van der Waals surface area (Å²) in [4.78, 5) is 11.8. The molecule has 0 fully saturated rings. The van der Waals surface area contributed by atoms with Gasteiger partial charge in [0.05, 0.1) is 7.11 Å². The molecule has 0 aliphatic rings. The van der Waals surface area contributed by atoms with Crippen LogP contribution in [0.1, 0.15) is 16.7 Å². The van der Waals surface area contributed by atoms with Gasteiger partial charge in [0.15, 0.2) is 0 Å². The Morgan fingerprint density at radius 3 is 2.26 bits per heavy atom. The monoisotopic (exact) mass is 427 g/mol. The number of hydrogen-bond acceptors (Lipinski definition) is 7. The molecular formula is C18H18ClNO5S2. The summed E-state index contributed by atoms with van der Waals surface area (Å²) in [5.41, 5.74) is 2.45. The van der Waals surface area contributed by atoms with Crippen LogP contribution in [-0.2, 0) is 35.4 Å². The molecule has 0 saturated heterocycles. The Kier molecular flexibility index (Phi) is 7.70. The highest BCUT2D eigenvalue weighted by Gasteiger charge is 2.18. The first kappa shape index (κ1) is 21.3. The van der Waals surface area contributed by atoms with Gasteiger partial charge in [0.25, 0.3) is 0 Å². The second kappa shape index (κ2) is 9.77. The molecule has 0 N–H and O–H groups in total. The van der Waals surface area contributed by atoms with Crippen molar-refractivity contribution in [2.24, 2.45) is 5.16 Å². The van der Waals surface area contributed by atoms with Gasteiger partial charge in [-0.2, -0.15) is 8.42 Å². The average Bonchev–Trinajstić information content (AvgIpc) is 2.64. The molecule has 0 aliphatic carbocycles. The van der Waals surface area contributed by atoms with Crippen molar-refractivity contribution in [2.45, 2.75) is 18.4 Å². The lowest BCUT2D eigenvalue weighted by molar-refractivity contribution is -0.132. The lowest BCUT2D eigenvalue weighted by Gasteiger charge is -2.06. The van der Waals surface area contributed by atoms with E-state index in [4.69, 9.17) is 11.6 Å². The number of ether oxygens (including phenoxy) is 1. The van der Waals surface area contributed by atoms with Gasteiger partial charge in [-0.1, -0.05) is 70.5 Å². The summed E-state index contributed by atoms with van der Waals surface area (Å²) in [6.45, 7) is 1.90. The minimum Gasteiger partial charge on any atom is -0.464 e. The maximum absolute atomic E-state index is 12.1. The fraction of sp³-hybridized carbons (Fsp3) is 0.222. The summed E-state index contributed by atoms with van der Waals surface area (Å²) >= 11 is 6.84. The molecule has 0 unspecified atom stereocenters. The Bertz CT molecular complexity index is 910. The van der Waals surface area contributed by atoms with Crippen molar-refractivity contribution in [1.29, 1.82) is 0 Å². The Hall–Kier alpha value is -2.03. The number of esters is 1. The molecule has 9 heteroatoms. The summed E-state index contributed by atoms with van der Waals surface area (Å²) in [5.74, 6) is -0.765. The second-order valence-corrected chi connectivity index (χ2v) is 8.52. The molecule has 0 saturated carbocycles. The Labute approximate surface area is 167 Å². The molecule has 0 aromatic heterocycles. The van der Waals surface area contributed by atoms with Gasteiger partial charge in [0.2, 0.25) is 5.04 Å². The van der Waals surface area contributed by atoms with Crippen molar-refractivity contribution >= 4 is 44.5 Å². The lowest BCUT2D eigenvalue weighted by atomic mass is 10.2. The van der Waals surface area contributed by atoms with Gasteiger partial charge < -0.3 is 4.74 Å². The van der Waals surface area contributed by atoms with Gasteiger partial charge >= 0.3 is 16.1 Å². The van der Waals surface area contributed by atoms with Crippen LogP contribution in [0, 0.1) is 6.92 Å². The van der Waals surface area contributed by atoms with E-state index in [1.165, 1.54) is 7.11 Å². The molecular weight excluding hydrogens is 410 g/mol. The van der Waals surface area contributed by atoms with E-state index in [2.05, 4.69) is 14.2 Å². The van der Waals surface area contributed by atoms with E-state index in [0.29, 0.717) is 16.3 Å². The first-order chi connectivity index (χ1) is 12.8. The van der Waals surface area contributed by atoms with E-state index in [9.17, 15) is 13.2 Å². The quantitative estimate of drug-likeness (QED) is 0.301. The normalized spacial score (nSPS) is 11.9. The van der Waals surface area contributed by atoms with Crippen LogP contribution >= 0.6 is 23.4 Å². The van der Waals surface area contributed by atoms with E-state index in [0.717, 1.165) is 22.9 Å². The number of rotatable bonds is 6. The zero-order valence-electron chi connectivity index (χ0n) is 14.7. The van der Waals surface area contributed by atoms with Crippen LogP contribution in [0.3, 0.4) is 0 Å². The molecule has 0 heterocycles. The maximum Gasteiger partial charge on any atom is 0.366 e. The highest BCUT2D eigenvalue weighted by molar-refractivity contribution is 8.15. The molecule has 0 amide bonds. The first-order valence-electron chi connectivity index (χ1n) is 7.79. The molecule has 0 radical (unpaired) electrons. The Morgan fingerprint density at radius 2 is 1.67 bits per heavy atom. The zero-order valence-corrected chi connectivity index (χ0v) is 17.1. The van der Waals surface area contributed by atoms with Gasteiger partial charge in [0, 0.05) is 10.8 Å². The third kappa shape index (κ3) is 7.24. The van der Waals surface area contributed by atoms with Gasteiger partial charge in [0.1, 0.15) is 5.75 Å². The summed E-state index contributed by atoms with van der Waals surface area (Å²) < 4.78 is 33.5. The van der Waals surface area contributed by atoms with Crippen LogP contribution in [0.25, 0.3) is 0 Å². The van der Waals surface area contributed by atoms with Crippen LogP contribution in [0.5, 0.6) is 0 Å². The number of benzene rings is 2. The van der Waals surface area contributed by atoms with Crippen molar-refractivity contribution in [2.75, 3.05) is 7.11 Å². The number of carbonyl (C=O) groups is 1. The summed E-state index contributed by atoms with van der Waals surface area (Å²) in [6, 6.07) is 14.0. The van der Waals surface area contributed by atoms with Crippen LogP contribution in [0.4, 0.5) is 0 Å². The van der Waals surface area contributed by atoms with Gasteiger partial charge in [-0.3, -0.25) is 4.28 Å². The van der Waals surface area contributed by atoms with Crippen molar-refractivity contribution in [3.63, 3.8) is 0 Å². The average molecular weight is 428 g/mol. The summed E-state index contributed by atoms with van der Waals surface area (Å²) in [5, 5.41) is 3.90. The third-order valence-corrected chi connectivity index (χ3v) is 5.58. The van der Waals surface area contributed by atoms with Crippen molar-refractivity contribution < 1.29 is 22.2 Å². The number of aryl methyl sites for hydroxylation is 1. The minimum absolute atomic E-state index is 0.195. The molecule has 2 aromatic rings. The van der Waals surface area contributed by atoms with E-state index >= 15 is 0 Å². The molecule has 2 aromatic carbocycles. The summed E-state index contributed by atoms with van der Waals surface area (Å²) in [6.07, 6.45) is 0. The van der Waals surface area contributed by atoms with E-state index < -0.39 is 16.1 Å². The fourth-order valence-electron chi connectivity index (χ4n) is 1.95. The van der Waals surface area contributed by atoms with Crippen molar-refractivity contribution in [3.8, 4) is 0 Å². The molecule has 0 spiro atoms. The number of methoxy groups -OCH3 is 1. The second-order valence-electron chi connectivity index (χ2n) is 5.57. The Balaban J connectivity index is 2.05. The van der Waals surface area contributed by atoms with Crippen LogP contribution < -0.4 is 0 Å². The molecule has 144 valence electrons. The predicted molar refractivity (Wildman–Crippen MR) is 107 cm³/mol. The van der Waals surface area contributed by atoms with Crippen LogP contribution in [-0.4, -0.2) is 26.5 Å². The number of nitrogens with zero attached hydrogens (tertiary/aromatic N) is 1. The molecule has 0 atom stereocenters. The number of hydrogen-bond donors (Lipinski definition) is 0. The topological polar surface area (TPSA) is 82.0 Å². The molecule has 27 heavy (non-hydrogen) atoms. The predicted octanol–water partition coefficient (Wildman–Crippen LogP) is 3.91. The number of thioether (sulfide) groups is 1. The van der Waals surface area contributed by atoms with Crippen LogP contribution in [0.2, 0.25) is 5.02 Å². The smallest absolute Gasteiger partial charge is 0.366 e. The Morgan fingerprint density at radius 1 is 1.07 bits per heavy atom. The van der Waals surface area contributed by atoms with E-state index in [-0.39, 0.29) is 10.8 Å². The maximum atomic E-state index is 12.1. The number of carbonyl (C=O) groups excluding carboxylic acids is 1. The lowest BCUT2D eigenvalue weighted by Crippen LogP contribution is -2.15. The molecule has 0 bridgehead atoms. The van der Waals surface area contributed by atoms with Crippen molar-refractivity contribution in [1.82, 2.24) is 0 Å². The van der Waals surface area contributed by atoms with E-state index in [1.54, 1.807) is 48.5 Å². The standard InChI is InChI=1S/C18H18ClNO5S2/c1-13-3-5-15(6-4-13)12-27(22,23)25-20-17(18(21)24-2)26-11-14-7-9-16(19)10-8-14/h3-10H,11-12H2,1-2H3. The largest absolute Gasteiger partial charge is 0.464 e. The zero-order chi connectivity index (χ0) is 19.9. The number of oxime groups is 1. The van der Waals surface area contributed by atoms with Crippen LogP contribution in [0.15, 0.2) is 53.7 Å². The van der Waals surface area contributed by atoms with Gasteiger partial charge in [-0.05, 0) is 30.2 Å². The van der Waals surface area contributed by atoms with Crippen molar-refractivity contribution in [3.05, 3.63) is 70.2 Å². The molecule has 6 nitrogen and oxygen atoms in total. The number of halogens is 1. The third-order valence-electron chi connectivity index (χ3n) is 3.35. The highest BCUT2D eigenvalue weighted by Crippen LogP contribution is 2.18. The molecule has 0 aliphatic heterocycles. The minimum atomic E-state index is -4.00. The van der Waals surface area contributed by atoms with E-state index in [1.807, 2.05) is 6.92 Å². The first-order valence-corrected chi connectivity index (χ1v) is 10.7. The van der Waals surface area contributed by atoms with Gasteiger partial charge in [-0.15, -0.1) is 0 Å².